The summed E-state index contributed by atoms with van der Waals surface area (Å²) in [4.78, 5) is 0.202. The van der Waals surface area contributed by atoms with Gasteiger partial charge in [0.1, 0.15) is 0 Å². The number of rotatable bonds is 8. The van der Waals surface area contributed by atoms with Crippen molar-refractivity contribution in [3.63, 3.8) is 0 Å². The van der Waals surface area contributed by atoms with E-state index in [4.69, 9.17) is 4.74 Å². The van der Waals surface area contributed by atoms with Crippen molar-refractivity contribution in [1.29, 1.82) is 0 Å². The van der Waals surface area contributed by atoms with E-state index < -0.39 is 16.1 Å². The highest BCUT2D eigenvalue weighted by Crippen LogP contribution is 2.15. The van der Waals surface area contributed by atoms with Crippen LogP contribution >= 0.6 is 0 Å². The molecule has 5 nitrogen and oxygen atoms in total. The van der Waals surface area contributed by atoms with E-state index in [1.54, 1.807) is 19.1 Å². The summed E-state index contributed by atoms with van der Waals surface area (Å²) >= 11 is 0. The van der Waals surface area contributed by atoms with Gasteiger partial charge in [-0.2, -0.15) is 0 Å². The number of sulfonamides is 1. The van der Waals surface area contributed by atoms with Crippen molar-refractivity contribution in [3.05, 3.63) is 29.8 Å². The van der Waals surface area contributed by atoms with Crippen LogP contribution in [0.4, 0.5) is 0 Å². The molecule has 1 aromatic rings. The first kappa shape index (κ1) is 16.1. The Balaban J connectivity index is 2.57. The molecule has 1 aromatic carbocycles. The van der Waals surface area contributed by atoms with Crippen molar-refractivity contribution < 1.29 is 18.3 Å². The van der Waals surface area contributed by atoms with Gasteiger partial charge in [0.15, 0.2) is 0 Å². The van der Waals surface area contributed by atoms with E-state index >= 15 is 0 Å². The summed E-state index contributed by atoms with van der Waals surface area (Å²) in [6, 6.07) is 6.21. The number of nitrogens with one attached hydrogen (secondary N) is 1. The average Bonchev–Trinajstić information content (AvgIpc) is 2.38. The molecule has 0 aliphatic heterocycles. The van der Waals surface area contributed by atoms with Gasteiger partial charge in [0, 0.05) is 19.8 Å². The molecule has 2 N–H and O–H groups in total. The maximum atomic E-state index is 11.9. The third-order valence-corrected chi connectivity index (χ3v) is 4.11. The minimum Gasteiger partial charge on any atom is -0.389 e. The van der Waals surface area contributed by atoms with Crippen LogP contribution < -0.4 is 4.72 Å². The molecule has 0 fully saturated rings. The van der Waals surface area contributed by atoms with Gasteiger partial charge in [0.2, 0.25) is 10.0 Å². The number of aliphatic hydroxyl groups excluding tert-OH is 1. The van der Waals surface area contributed by atoms with Crippen LogP contribution in [-0.4, -0.2) is 33.3 Å². The average molecular weight is 287 g/mol. The van der Waals surface area contributed by atoms with Gasteiger partial charge in [0.05, 0.1) is 11.0 Å². The molecule has 1 rings (SSSR count). The summed E-state index contributed by atoms with van der Waals surface area (Å²) < 4.78 is 31.5. The van der Waals surface area contributed by atoms with Crippen LogP contribution in [0.1, 0.15) is 31.9 Å². The summed E-state index contributed by atoms with van der Waals surface area (Å²) in [5.74, 6) is 0. The zero-order valence-corrected chi connectivity index (χ0v) is 12.1. The molecule has 0 radical (unpaired) electrons. The quantitative estimate of drug-likeness (QED) is 0.710. The van der Waals surface area contributed by atoms with E-state index in [2.05, 4.69) is 4.72 Å². The zero-order chi connectivity index (χ0) is 14.3. The second kappa shape index (κ2) is 7.59. The first-order valence-electron chi connectivity index (χ1n) is 6.33. The first-order chi connectivity index (χ1) is 8.97. The van der Waals surface area contributed by atoms with Gasteiger partial charge in [0.25, 0.3) is 0 Å². The summed E-state index contributed by atoms with van der Waals surface area (Å²) in [7, 11) is -3.48. The fourth-order valence-corrected chi connectivity index (χ4v) is 2.61. The second-order valence-corrected chi connectivity index (χ2v) is 5.96. The zero-order valence-electron chi connectivity index (χ0n) is 11.3. The highest BCUT2D eigenvalue weighted by atomic mass is 32.2. The minimum absolute atomic E-state index is 0.202. The lowest BCUT2D eigenvalue weighted by atomic mass is 10.1. The molecule has 0 aliphatic rings. The van der Waals surface area contributed by atoms with Crippen molar-refractivity contribution >= 4 is 10.0 Å². The number of hydrogen-bond acceptors (Lipinski definition) is 4. The molecular weight excluding hydrogens is 266 g/mol. The Kier molecular flexibility index (Phi) is 6.44. The first-order valence-corrected chi connectivity index (χ1v) is 7.81. The third kappa shape index (κ3) is 5.28. The molecule has 0 saturated heterocycles. The molecular formula is C13H21NO4S. The molecule has 0 saturated carbocycles. The molecule has 0 aromatic heterocycles. The van der Waals surface area contributed by atoms with Crippen molar-refractivity contribution in [2.75, 3.05) is 19.8 Å². The molecule has 19 heavy (non-hydrogen) atoms. The molecule has 6 heteroatoms. The Morgan fingerprint density at radius 2 is 1.95 bits per heavy atom. The lowest BCUT2D eigenvalue weighted by Gasteiger charge is -2.09. The monoisotopic (exact) mass is 287 g/mol. The van der Waals surface area contributed by atoms with E-state index in [1.807, 2.05) is 6.92 Å². The van der Waals surface area contributed by atoms with Crippen molar-refractivity contribution in [1.82, 2.24) is 4.72 Å². The van der Waals surface area contributed by atoms with E-state index in [1.165, 1.54) is 12.1 Å². The van der Waals surface area contributed by atoms with Gasteiger partial charge >= 0.3 is 0 Å². The largest absolute Gasteiger partial charge is 0.389 e. The molecule has 1 atom stereocenters. The van der Waals surface area contributed by atoms with E-state index in [9.17, 15) is 13.5 Å². The maximum absolute atomic E-state index is 11.9. The van der Waals surface area contributed by atoms with Gasteiger partial charge in [-0.15, -0.1) is 0 Å². The summed E-state index contributed by atoms with van der Waals surface area (Å²) in [5, 5.41) is 9.36. The highest BCUT2D eigenvalue weighted by Gasteiger charge is 2.13. The lowest BCUT2D eigenvalue weighted by molar-refractivity contribution is 0.146. The van der Waals surface area contributed by atoms with E-state index in [0.29, 0.717) is 31.7 Å². The molecule has 0 bridgehead atoms. The lowest BCUT2D eigenvalue weighted by Crippen LogP contribution is -2.25. The van der Waals surface area contributed by atoms with Crippen LogP contribution in [-0.2, 0) is 14.8 Å². The Morgan fingerprint density at radius 1 is 1.32 bits per heavy atom. The third-order valence-electron chi connectivity index (χ3n) is 2.63. The fraction of sp³-hybridized carbons (Fsp3) is 0.538. The Hall–Kier alpha value is -0.950. The summed E-state index contributed by atoms with van der Waals surface area (Å²) in [5.41, 5.74) is 0.690. The Labute approximate surface area is 114 Å². The van der Waals surface area contributed by atoms with Crippen LogP contribution in [0.15, 0.2) is 29.2 Å². The van der Waals surface area contributed by atoms with Gasteiger partial charge in [-0.05, 0) is 38.0 Å². The minimum atomic E-state index is -3.48. The van der Waals surface area contributed by atoms with Crippen molar-refractivity contribution in [2.45, 2.75) is 31.3 Å². The molecule has 0 aliphatic carbocycles. The summed E-state index contributed by atoms with van der Waals surface area (Å²) in [6.07, 6.45) is 0.0367. The topological polar surface area (TPSA) is 75.6 Å². The number of ether oxygens (including phenoxy) is 1. The van der Waals surface area contributed by atoms with E-state index in [-0.39, 0.29) is 4.90 Å². The molecule has 0 heterocycles. The van der Waals surface area contributed by atoms with Crippen LogP contribution in [0.2, 0.25) is 0 Å². The SMILES string of the molecule is CCOCCCNS(=O)(=O)c1ccc(C(C)O)cc1. The van der Waals surface area contributed by atoms with Gasteiger partial charge < -0.3 is 9.84 Å². The summed E-state index contributed by atoms with van der Waals surface area (Å²) in [6.45, 7) is 5.05. The van der Waals surface area contributed by atoms with Crippen LogP contribution in [0.3, 0.4) is 0 Å². The predicted molar refractivity (Wildman–Crippen MR) is 73.4 cm³/mol. The Bertz CT molecular complexity index is 468. The van der Waals surface area contributed by atoms with Crippen LogP contribution in [0, 0.1) is 0 Å². The molecule has 108 valence electrons. The smallest absolute Gasteiger partial charge is 0.240 e. The molecule has 0 amide bonds. The van der Waals surface area contributed by atoms with Crippen molar-refractivity contribution in [3.8, 4) is 0 Å². The maximum Gasteiger partial charge on any atom is 0.240 e. The highest BCUT2D eigenvalue weighted by molar-refractivity contribution is 7.89. The van der Waals surface area contributed by atoms with E-state index in [0.717, 1.165) is 0 Å². The molecule has 1 unspecified atom stereocenters. The van der Waals surface area contributed by atoms with Gasteiger partial charge in [-0.25, -0.2) is 13.1 Å². The number of hydrogen-bond donors (Lipinski definition) is 2. The fourth-order valence-electron chi connectivity index (χ4n) is 1.53. The normalized spacial score (nSPS) is 13.4. The van der Waals surface area contributed by atoms with Crippen molar-refractivity contribution in [2.24, 2.45) is 0 Å². The van der Waals surface area contributed by atoms with Crippen LogP contribution in [0.25, 0.3) is 0 Å². The predicted octanol–water partition coefficient (Wildman–Crippen LogP) is 1.44. The number of benzene rings is 1. The molecule has 0 spiro atoms. The van der Waals surface area contributed by atoms with Gasteiger partial charge in [-0.3, -0.25) is 0 Å². The van der Waals surface area contributed by atoms with Gasteiger partial charge in [-0.1, -0.05) is 12.1 Å². The second-order valence-electron chi connectivity index (χ2n) is 4.19. The standard InChI is InChI=1S/C13H21NO4S/c1-3-18-10-4-9-14-19(16,17)13-7-5-12(6-8-13)11(2)15/h5-8,11,14-15H,3-4,9-10H2,1-2H3. The Morgan fingerprint density at radius 3 is 2.47 bits per heavy atom. The number of aliphatic hydroxyl groups is 1. The van der Waals surface area contributed by atoms with Crippen LogP contribution in [0.5, 0.6) is 0 Å².